The second kappa shape index (κ2) is 10.7. The monoisotopic (exact) mass is 502 g/mol. The average molecular weight is 503 g/mol. The van der Waals surface area contributed by atoms with Crippen molar-refractivity contribution in [2.75, 3.05) is 39.3 Å². The zero-order valence-electron chi connectivity index (χ0n) is 21.4. The number of nitrogens with zero attached hydrogens (tertiary/aromatic N) is 6. The first kappa shape index (κ1) is 25.7. The van der Waals surface area contributed by atoms with Crippen molar-refractivity contribution in [2.24, 2.45) is 0 Å². The van der Waals surface area contributed by atoms with Crippen molar-refractivity contribution in [3.8, 4) is 0 Å². The van der Waals surface area contributed by atoms with E-state index in [4.69, 9.17) is 18.7 Å². The van der Waals surface area contributed by atoms with Gasteiger partial charge in [-0.25, -0.2) is 9.59 Å². The Balaban J connectivity index is 1.43. The second-order valence-electron chi connectivity index (χ2n) is 9.04. The Morgan fingerprint density at radius 3 is 1.53 bits per heavy atom. The molecule has 0 aromatic carbocycles. The molecule has 4 heterocycles. The lowest BCUT2D eigenvalue weighted by Crippen LogP contribution is -2.56. The van der Waals surface area contributed by atoms with Crippen molar-refractivity contribution in [3.63, 3.8) is 0 Å². The summed E-state index contributed by atoms with van der Waals surface area (Å²) in [6.07, 6.45) is 6.61. The van der Waals surface area contributed by atoms with Crippen molar-refractivity contribution >= 4 is 23.1 Å². The summed E-state index contributed by atoms with van der Waals surface area (Å²) >= 11 is 0. The van der Waals surface area contributed by atoms with E-state index in [1.54, 1.807) is 0 Å². The van der Waals surface area contributed by atoms with E-state index in [0.717, 1.165) is 11.1 Å². The summed E-state index contributed by atoms with van der Waals surface area (Å²) in [6, 6.07) is 0. The largest absolute Gasteiger partial charge is 0.480 e. The molecule has 0 N–H and O–H groups in total. The number of rotatable bonds is 8. The summed E-state index contributed by atoms with van der Waals surface area (Å²) in [7, 11) is 0. The van der Waals surface area contributed by atoms with Gasteiger partial charge < -0.3 is 9.05 Å². The third-order valence-electron chi connectivity index (χ3n) is 6.76. The van der Waals surface area contributed by atoms with E-state index in [-0.39, 0.29) is 9.29 Å². The highest BCUT2D eigenvalue weighted by molar-refractivity contribution is 6.29. The van der Waals surface area contributed by atoms with Gasteiger partial charge in [0.25, 0.3) is 11.8 Å². The van der Waals surface area contributed by atoms with Crippen LogP contribution in [0.2, 0.25) is 0 Å². The summed E-state index contributed by atoms with van der Waals surface area (Å²) in [5.74, 6) is 0.00763. The smallest absolute Gasteiger partial charge is 0.334 e. The topological polar surface area (TPSA) is 130 Å². The highest BCUT2D eigenvalue weighted by Crippen LogP contribution is 2.28. The highest BCUT2D eigenvalue weighted by atomic mass is 16.8. The summed E-state index contributed by atoms with van der Waals surface area (Å²) in [5.41, 5.74) is 1.59. The van der Waals surface area contributed by atoms with Crippen molar-refractivity contribution in [1.82, 2.24) is 20.3 Å². The third-order valence-corrected chi connectivity index (χ3v) is 6.76. The SMILES string of the molecule is CCc1noc(C2=CCC[N+](CC)(OC(=O)C(=O)O[N+]3(CC)CCC=C(c4nc(CC)no4)C3)C2)n1. The van der Waals surface area contributed by atoms with E-state index in [1.165, 1.54) is 0 Å². The summed E-state index contributed by atoms with van der Waals surface area (Å²) in [6.45, 7) is 10.4. The minimum absolute atomic E-state index is 0.0529. The maximum Gasteiger partial charge on any atom is 0.480 e. The van der Waals surface area contributed by atoms with Gasteiger partial charge in [-0.3, -0.25) is 9.68 Å². The molecule has 2 aliphatic rings. The molecule has 2 unspecified atom stereocenters. The maximum atomic E-state index is 12.9. The zero-order valence-corrected chi connectivity index (χ0v) is 21.4. The van der Waals surface area contributed by atoms with Gasteiger partial charge in [-0.1, -0.05) is 36.3 Å². The van der Waals surface area contributed by atoms with E-state index in [9.17, 15) is 9.59 Å². The van der Waals surface area contributed by atoms with Crippen LogP contribution in [0.4, 0.5) is 0 Å². The first-order valence-corrected chi connectivity index (χ1v) is 12.6. The predicted octanol–water partition coefficient (Wildman–Crippen LogP) is 2.44. The zero-order chi connectivity index (χ0) is 25.8. The standard InChI is InChI=1S/C24H34N6O6/c1-5-19-25-21(33-27-19)17-11-9-13-29(7-3,15-17)35-23(31)24(32)36-30(8-4)14-10-12-18(16-30)22-26-20(6-2)28-34-22/h11-12H,5-10,13-16H2,1-4H3/q+2. The van der Waals surface area contributed by atoms with Crippen LogP contribution in [0, 0.1) is 0 Å². The Labute approximate surface area is 209 Å². The van der Waals surface area contributed by atoms with Gasteiger partial charge in [-0.2, -0.15) is 9.97 Å². The van der Waals surface area contributed by atoms with Crippen LogP contribution in [0.1, 0.15) is 64.0 Å². The molecule has 0 amide bonds. The Morgan fingerprint density at radius 2 is 1.19 bits per heavy atom. The van der Waals surface area contributed by atoms with Crippen molar-refractivity contribution < 1.29 is 37.6 Å². The number of carbonyl (C=O) groups is 2. The van der Waals surface area contributed by atoms with E-state index < -0.39 is 11.9 Å². The first-order chi connectivity index (χ1) is 17.3. The van der Waals surface area contributed by atoms with E-state index in [2.05, 4.69) is 20.3 Å². The molecule has 2 aromatic heterocycles. The fourth-order valence-electron chi connectivity index (χ4n) is 4.47. The molecule has 0 saturated carbocycles. The molecule has 12 heteroatoms. The number of likely N-dealkylation sites (N-methyl/N-ethyl adjacent to an activating group) is 2. The molecule has 2 aliphatic heterocycles. The summed E-state index contributed by atoms with van der Waals surface area (Å²) < 4.78 is 10.6. The van der Waals surface area contributed by atoms with Crippen LogP contribution >= 0.6 is 0 Å². The van der Waals surface area contributed by atoms with E-state index >= 15 is 0 Å². The molecule has 0 aliphatic carbocycles. The lowest BCUT2D eigenvalue weighted by Gasteiger charge is -2.37. The number of quaternary nitrogens is 2. The van der Waals surface area contributed by atoms with Crippen molar-refractivity contribution in [1.29, 1.82) is 0 Å². The Bertz CT molecular complexity index is 1080. The van der Waals surface area contributed by atoms with Gasteiger partial charge in [0.05, 0.1) is 11.1 Å². The molecule has 2 atom stereocenters. The number of carbonyl (C=O) groups excluding carboxylic acids is 2. The van der Waals surface area contributed by atoms with Crippen LogP contribution in [0.15, 0.2) is 21.2 Å². The number of aryl methyl sites for hydroxylation is 2. The second-order valence-corrected chi connectivity index (χ2v) is 9.04. The van der Waals surface area contributed by atoms with Crippen molar-refractivity contribution in [3.05, 3.63) is 35.6 Å². The molecule has 0 bridgehead atoms. The van der Waals surface area contributed by atoms with Crippen molar-refractivity contribution in [2.45, 2.75) is 53.4 Å². The van der Waals surface area contributed by atoms with Crippen LogP contribution in [-0.2, 0) is 32.1 Å². The number of aromatic nitrogens is 4. The quantitative estimate of drug-likeness (QED) is 0.392. The predicted molar refractivity (Wildman–Crippen MR) is 126 cm³/mol. The number of hydrogen-bond acceptors (Lipinski definition) is 10. The minimum atomic E-state index is -1.02. The molecular weight excluding hydrogens is 468 g/mol. The molecule has 0 fully saturated rings. The Hall–Kier alpha value is -3.38. The average Bonchev–Trinajstić information content (AvgIpc) is 3.59. The maximum absolute atomic E-state index is 12.9. The molecule has 0 saturated heterocycles. The highest BCUT2D eigenvalue weighted by Gasteiger charge is 2.44. The minimum Gasteiger partial charge on any atom is -0.334 e. The van der Waals surface area contributed by atoms with Gasteiger partial charge in [0, 0.05) is 25.7 Å². The molecular formula is C24H34N6O6+2. The lowest BCUT2D eigenvalue weighted by atomic mass is 10.1. The molecule has 36 heavy (non-hydrogen) atoms. The number of hydrogen-bond donors (Lipinski definition) is 0. The molecule has 0 radical (unpaired) electrons. The van der Waals surface area contributed by atoms with Gasteiger partial charge in [-0.05, 0) is 13.8 Å². The Morgan fingerprint density at radius 1 is 0.778 bits per heavy atom. The van der Waals surface area contributed by atoms with Crippen LogP contribution < -0.4 is 0 Å². The summed E-state index contributed by atoms with van der Waals surface area (Å²) in [4.78, 5) is 46.2. The molecule has 12 nitrogen and oxygen atoms in total. The van der Waals surface area contributed by atoms with Gasteiger partial charge in [0.1, 0.15) is 39.3 Å². The molecule has 0 spiro atoms. The van der Waals surface area contributed by atoms with Gasteiger partial charge >= 0.3 is 11.9 Å². The first-order valence-electron chi connectivity index (χ1n) is 12.6. The molecule has 194 valence electrons. The number of hydroxylamine groups is 6. The van der Waals surface area contributed by atoms with Crippen LogP contribution in [0.5, 0.6) is 0 Å². The Kier molecular flexibility index (Phi) is 7.65. The summed E-state index contributed by atoms with van der Waals surface area (Å²) in [5, 5.41) is 7.90. The van der Waals surface area contributed by atoms with Gasteiger partial charge in [0.15, 0.2) is 11.6 Å². The van der Waals surface area contributed by atoms with E-state index in [1.807, 2.05) is 39.8 Å². The van der Waals surface area contributed by atoms with Gasteiger partial charge in [-0.15, -0.1) is 9.29 Å². The van der Waals surface area contributed by atoms with E-state index in [0.29, 0.717) is 88.4 Å². The molecule has 4 rings (SSSR count). The van der Waals surface area contributed by atoms with Crippen LogP contribution in [0.25, 0.3) is 11.1 Å². The van der Waals surface area contributed by atoms with Gasteiger partial charge in [0.2, 0.25) is 0 Å². The molecule has 2 aromatic rings. The van der Waals surface area contributed by atoms with Crippen LogP contribution in [0.3, 0.4) is 0 Å². The third kappa shape index (κ3) is 5.39. The fraction of sp³-hybridized carbons (Fsp3) is 0.583. The fourth-order valence-corrected chi connectivity index (χ4v) is 4.47. The van der Waals surface area contributed by atoms with Crippen LogP contribution in [-0.4, -0.2) is 80.8 Å². The lowest BCUT2D eigenvalue weighted by molar-refractivity contribution is -1.09. The normalized spacial score (nSPS) is 24.1.